The molecular weight excluding hydrogens is 162 g/mol. The maximum atomic E-state index is 8.44. The average molecular weight is 170 g/mol. The van der Waals surface area contributed by atoms with Gasteiger partial charge in [0, 0.05) is 10.6 Å². The van der Waals surface area contributed by atoms with Crippen molar-refractivity contribution in [3.8, 4) is 0 Å². The van der Waals surface area contributed by atoms with Gasteiger partial charge >= 0.3 is 0 Å². The van der Waals surface area contributed by atoms with E-state index in [-0.39, 0.29) is 0 Å². The van der Waals surface area contributed by atoms with Gasteiger partial charge in [0.1, 0.15) is 0 Å². The van der Waals surface area contributed by atoms with Crippen molar-refractivity contribution in [2.45, 2.75) is 6.92 Å². The van der Waals surface area contributed by atoms with E-state index in [9.17, 15) is 0 Å². The molecule has 0 heterocycles. The fourth-order valence-corrected chi connectivity index (χ4v) is 1.08. The fraction of sp³-hybridized carbons (Fsp3) is 0.125. The molecule has 0 bridgehead atoms. The summed E-state index contributed by atoms with van der Waals surface area (Å²) in [4.78, 5) is 0. The largest absolute Gasteiger partial charge is 0.411 e. The summed E-state index contributed by atoms with van der Waals surface area (Å²) in [5, 5.41) is 12.1. The summed E-state index contributed by atoms with van der Waals surface area (Å²) in [5.41, 5.74) is 1.28. The van der Waals surface area contributed by atoms with Crippen LogP contribution in [-0.2, 0) is 0 Å². The standard InChI is InChI=1S/C8H8ClNO/c1-6(10-11)7-4-2-3-5-8(7)9/h2-5,11H,1H3/b10-6+. The summed E-state index contributed by atoms with van der Waals surface area (Å²) >= 11 is 5.81. The number of nitrogens with zero attached hydrogens (tertiary/aromatic N) is 1. The molecule has 1 aromatic rings. The van der Waals surface area contributed by atoms with Crippen LogP contribution in [0.4, 0.5) is 0 Å². The molecule has 58 valence electrons. The topological polar surface area (TPSA) is 32.6 Å². The molecule has 0 fully saturated rings. The van der Waals surface area contributed by atoms with Crippen molar-refractivity contribution in [3.05, 3.63) is 34.9 Å². The van der Waals surface area contributed by atoms with Crippen LogP contribution in [0.5, 0.6) is 0 Å². The Morgan fingerprint density at radius 2 is 2.09 bits per heavy atom. The number of halogens is 1. The minimum atomic E-state index is 0.524. The van der Waals surface area contributed by atoms with Crippen LogP contribution in [0.3, 0.4) is 0 Å². The van der Waals surface area contributed by atoms with Crippen molar-refractivity contribution in [3.63, 3.8) is 0 Å². The second kappa shape index (κ2) is 3.39. The lowest BCUT2D eigenvalue weighted by atomic mass is 10.1. The third-order valence-electron chi connectivity index (χ3n) is 1.41. The van der Waals surface area contributed by atoms with E-state index in [1.807, 2.05) is 12.1 Å². The van der Waals surface area contributed by atoms with Crippen molar-refractivity contribution >= 4 is 17.3 Å². The van der Waals surface area contributed by atoms with Crippen molar-refractivity contribution < 1.29 is 5.21 Å². The van der Waals surface area contributed by atoms with Crippen molar-refractivity contribution in [2.24, 2.45) is 5.16 Å². The highest BCUT2D eigenvalue weighted by molar-refractivity contribution is 6.34. The summed E-state index contributed by atoms with van der Waals surface area (Å²) in [6.07, 6.45) is 0. The van der Waals surface area contributed by atoms with Gasteiger partial charge < -0.3 is 5.21 Å². The van der Waals surface area contributed by atoms with Crippen LogP contribution < -0.4 is 0 Å². The van der Waals surface area contributed by atoms with Crippen LogP contribution in [0.2, 0.25) is 5.02 Å². The maximum Gasteiger partial charge on any atom is 0.0851 e. The highest BCUT2D eigenvalue weighted by Crippen LogP contribution is 2.15. The smallest absolute Gasteiger partial charge is 0.0851 e. The van der Waals surface area contributed by atoms with Crippen LogP contribution in [0, 0.1) is 0 Å². The molecule has 0 aromatic heterocycles. The molecule has 3 heteroatoms. The Hall–Kier alpha value is -1.02. The molecule has 0 aliphatic rings. The molecule has 2 nitrogen and oxygen atoms in total. The molecule has 0 amide bonds. The van der Waals surface area contributed by atoms with Gasteiger partial charge in [-0.25, -0.2) is 0 Å². The Labute approximate surface area is 70.1 Å². The van der Waals surface area contributed by atoms with Gasteiger partial charge in [-0.05, 0) is 13.0 Å². The first kappa shape index (κ1) is 8.08. The molecule has 1 N–H and O–H groups in total. The zero-order valence-electron chi connectivity index (χ0n) is 6.08. The fourth-order valence-electron chi connectivity index (χ4n) is 0.808. The van der Waals surface area contributed by atoms with Crippen LogP contribution in [0.1, 0.15) is 12.5 Å². The number of hydrogen-bond acceptors (Lipinski definition) is 2. The van der Waals surface area contributed by atoms with Crippen molar-refractivity contribution in [2.75, 3.05) is 0 Å². The van der Waals surface area contributed by atoms with Gasteiger partial charge in [0.25, 0.3) is 0 Å². The molecule has 1 rings (SSSR count). The lowest BCUT2D eigenvalue weighted by molar-refractivity contribution is 0.319. The number of benzene rings is 1. The number of hydrogen-bond donors (Lipinski definition) is 1. The van der Waals surface area contributed by atoms with E-state index in [1.54, 1.807) is 19.1 Å². The average Bonchev–Trinajstić information content (AvgIpc) is 2.04. The Morgan fingerprint density at radius 3 is 2.64 bits per heavy atom. The molecule has 0 spiro atoms. The SMILES string of the molecule is C/C(=N\O)c1ccccc1Cl. The van der Waals surface area contributed by atoms with Gasteiger partial charge in [-0.1, -0.05) is 35.0 Å². The van der Waals surface area contributed by atoms with E-state index in [0.29, 0.717) is 10.7 Å². The number of rotatable bonds is 1. The van der Waals surface area contributed by atoms with E-state index in [1.165, 1.54) is 0 Å². The van der Waals surface area contributed by atoms with E-state index >= 15 is 0 Å². The summed E-state index contributed by atoms with van der Waals surface area (Å²) in [7, 11) is 0. The lowest BCUT2D eigenvalue weighted by Gasteiger charge is -1.99. The number of oxime groups is 1. The van der Waals surface area contributed by atoms with E-state index < -0.39 is 0 Å². The minimum absolute atomic E-state index is 0.524. The summed E-state index contributed by atoms with van der Waals surface area (Å²) in [6.45, 7) is 1.70. The molecule has 0 aliphatic carbocycles. The van der Waals surface area contributed by atoms with Gasteiger partial charge in [0.05, 0.1) is 5.71 Å². The Bertz CT molecular complexity index is 283. The van der Waals surface area contributed by atoms with E-state index in [0.717, 1.165) is 5.56 Å². The maximum absolute atomic E-state index is 8.44. The van der Waals surface area contributed by atoms with E-state index in [2.05, 4.69) is 5.16 Å². The van der Waals surface area contributed by atoms with Gasteiger partial charge in [0.2, 0.25) is 0 Å². The molecule has 0 saturated heterocycles. The zero-order valence-corrected chi connectivity index (χ0v) is 6.84. The molecule has 0 aliphatic heterocycles. The highest BCUT2D eigenvalue weighted by Gasteiger charge is 2.00. The first-order valence-electron chi connectivity index (χ1n) is 3.19. The summed E-state index contributed by atoms with van der Waals surface area (Å²) < 4.78 is 0. The minimum Gasteiger partial charge on any atom is -0.411 e. The Kier molecular flexibility index (Phi) is 2.49. The molecule has 1 aromatic carbocycles. The third kappa shape index (κ3) is 1.71. The van der Waals surface area contributed by atoms with Crippen LogP contribution in [-0.4, -0.2) is 10.9 Å². The van der Waals surface area contributed by atoms with Crippen LogP contribution in [0.15, 0.2) is 29.4 Å². The van der Waals surface area contributed by atoms with Crippen molar-refractivity contribution in [1.82, 2.24) is 0 Å². The van der Waals surface area contributed by atoms with Gasteiger partial charge in [-0.2, -0.15) is 0 Å². The monoisotopic (exact) mass is 169 g/mol. The van der Waals surface area contributed by atoms with Gasteiger partial charge in [0.15, 0.2) is 0 Å². The molecule has 0 atom stereocenters. The first-order chi connectivity index (χ1) is 5.25. The van der Waals surface area contributed by atoms with E-state index in [4.69, 9.17) is 16.8 Å². The van der Waals surface area contributed by atoms with Crippen molar-refractivity contribution in [1.29, 1.82) is 0 Å². The molecular formula is C8H8ClNO. The Morgan fingerprint density at radius 1 is 1.45 bits per heavy atom. The van der Waals surface area contributed by atoms with Gasteiger partial charge in [-0.15, -0.1) is 0 Å². The van der Waals surface area contributed by atoms with Crippen LogP contribution in [0.25, 0.3) is 0 Å². The zero-order chi connectivity index (χ0) is 8.27. The summed E-state index contributed by atoms with van der Waals surface area (Å²) in [6, 6.07) is 7.23. The molecule has 0 saturated carbocycles. The quantitative estimate of drug-likeness (QED) is 0.391. The predicted molar refractivity (Wildman–Crippen MR) is 45.4 cm³/mol. The molecule has 0 radical (unpaired) electrons. The highest BCUT2D eigenvalue weighted by atomic mass is 35.5. The normalized spacial score (nSPS) is 11.6. The molecule has 0 unspecified atom stereocenters. The predicted octanol–water partition coefficient (Wildman–Crippen LogP) is 2.54. The summed E-state index contributed by atoms with van der Waals surface area (Å²) in [5.74, 6) is 0. The third-order valence-corrected chi connectivity index (χ3v) is 1.74. The van der Waals surface area contributed by atoms with Gasteiger partial charge in [-0.3, -0.25) is 0 Å². The lowest BCUT2D eigenvalue weighted by Crippen LogP contribution is -1.94. The first-order valence-corrected chi connectivity index (χ1v) is 3.57. The second-order valence-corrected chi connectivity index (χ2v) is 2.57. The Balaban J connectivity index is 3.14. The van der Waals surface area contributed by atoms with Crippen LogP contribution >= 0.6 is 11.6 Å². The molecule has 11 heavy (non-hydrogen) atoms. The second-order valence-electron chi connectivity index (χ2n) is 2.17.